The Balaban J connectivity index is 2.28. The highest BCUT2D eigenvalue weighted by atomic mass is 35.5. The summed E-state index contributed by atoms with van der Waals surface area (Å²) in [5.41, 5.74) is 7.82. The van der Waals surface area contributed by atoms with Crippen LogP contribution in [0.4, 0.5) is 5.69 Å². The molecule has 6 heteroatoms. The third-order valence-electron chi connectivity index (χ3n) is 2.50. The van der Waals surface area contributed by atoms with E-state index in [1.807, 2.05) is 24.3 Å². The summed E-state index contributed by atoms with van der Waals surface area (Å²) >= 11 is 5.79. The second kappa shape index (κ2) is 5.86. The molecule has 5 nitrogen and oxygen atoms in total. The number of hydrogen-bond acceptors (Lipinski definition) is 5. The number of rotatable bonds is 4. The summed E-state index contributed by atoms with van der Waals surface area (Å²) in [6.45, 7) is 2.26. The second-order valence-electron chi connectivity index (χ2n) is 3.98. The zero-order valence-electron chi connectivity index (χ0n) is 10.7. The fraction of sp³-hybridized carbons (Fsp3) is 0.231. The lowest BCUT2D eigenvalue weighted by Gasteiger charge is -2.10. The molecule has 0 bridgehead atoms. The SMILES string of the molecule is COCc1cccc(Oc2nc(Cl)nc(C)c2N)c1. The van der Waals surface area contributed by atoms with Crippen LogP contribution in [0.25, 0.3) is 0 Å². The van der Waals surface area contributed by atoms with Crippen molar-refractivity contribution in [2.45, 2.75) is 13.5 Å². The van der Waals surface area contributed by atoms with Crippen molar-refractivity contribution in [3.63, 3.8) is 0 Å². The topological polar surface area (TPSA) is 70.3 Å². The average Bonchev–Trinajstić information content (AvgIpc) is 2.36. The lowest BCUT2D eigenvalue weighted by molar-refractivity contribution is 0.184. The molecule has 2 N–H and O–H groups in total. The van der Waals surface area contributed by atoms with Gasteiger partial charge in [-0.2, -0.15) is 4.98 Å². The molecule has 2 rings (SSSR count). The first-order chi connectivity index (χ1) is 9.10. The maximum absolute atomic E-state index is 5.86. The van der Waals surface area contributed by atoms with E-state index in [0.717, 1.165) is 5.56 Å². The van der Waals surface area contributed by atoms with Gasteiger partial charge < -0.3 is 15.2 Å². The first kappa shape index (κ1) is 13.6. The van der Waals surface area contributed by atoms with Gasteiger partial charge in [-0.25, -0.2) is 4.98 Å². The quantitative estimate of drug-likeness (QED) is 0.871. The van der Waals surface area contributed by atoms with Crippen molar-refractivity contribution in [1.82, 2.24) is 9.97 Å². The van der Waals surface area contributed by atoms with Crippen LogP contribution >= 0.6 is 11.6 Å². The lowest BCUT2D eigenvalue weighted by Crippen LogP contribution is -2.01. The molecule has 0 saturated heterocycles. The largest absolute Gasteiger partial charge is 0.437 e. The second-order valence-corrected chi connectivity index (χ2v) is 4.32. The van der Waals surface area contributed by atoms with E-state index in [1.54, 1.807) is 14.0 Å². The molecular weight excluding hydrogens is 266 g/mol. The number of aryl methyl sites for hydroxylation is 1. The summed E-state index contributed by atoms with van der Waals surface area (Å²) < 4.78 is 10.7. The maximum Gasteiger partial charge on any atom is 0.247 e. The van der Waals surface area contributed by atoms with Crippen LogP contribution in [0.2, 0.25) is 5.28 Å². The normalized spacial score (nSPS) is 10.5. The molecule has 0 aliphatic carbocycles. The zero-order valence-corrected chi connectivity index (χ0v) is 11.4. The zero-order chi connectivity index (χ0) is 13.8. The van der Waals surface area contributed by atoms with Gasteiger partial charge in [-0.05, 0) is 36.2 Å². The van der Waals surface area contributed by atoms with Gasteiger partial charge in [0.15, 0.2) is 0 Å². The molecule has 19 heavy (non-hydrogen) atoms. The van der Waals surface area contributed by atoms with Crippen molar-refractivity contribution in [2.24, 2.45) is 0 Å². The van der Waals surface area contributed by atoms with Crippen molar-refractivity contribution < 1.29 is 9.47 Å². The number of aromatic nitrogens is 2. The molecule has 1 aromatic carbocycles. The van der Waals surface area contributed by atoms with Crippen molar-refractivity contribution in [2.75, 3.05) is 12.8 Å². The Morgan fingerprint density at radius 1 is 1.32 bits per heavy atom. The summed E-state index contributed by atoms with van der Waals surface area (Å²) in [7, 11) is 1.64. The average molecular weight is 280 g/mol. The molecular formula is C13H14ClN3O2. The molecule has 0 amide bonds. The molecule has 0 atom stereocenters. The van der Waals surface area contributed by atoms with E-state index in [1.165, 1.54) is 0 Å². The van der Waals surface area contributed by atoms with Crippen LogP contribution in [0.3, 0.4) is 0 Å². The smallest absolute Gasteiger partial charge is 0.247 e. The molecule has 1 aromatic heterocycles. The van der Waals surface area contributed by atoms with Gasteiger partial charge in [0.05, 0.1) is 12.3 Å². The maximum atomic E-state index is 5.86. The van der Waals surface area contributed by atoms with E-state index in [0.29, 0.717) is 23.7 Å². The van der Waals surface area contributed by atoms with Gasteiger partial charge in [-0.15, -0.1) is 0 Å². The van der Waals surface area contributed by atoms with E-state index in [9.17, 15) is 0 Å². The molecule has 0 aliphatic rings. The molecule has 1 heterocycles. The molecule has 0 unspecified atom stereocenters. The minimum Gasteiger partial charge on any atom is -0.437 e. The standard InChI is InChI=1S/C13H14ClN3O2/c1-8-11(15)12(17-13(14)16-8)19-10-5-3-4-9(6-10)7-18-2/h3-6H,7,15H2,1-2H3. The number of nitrogens with two attached hydrogens (primary N) is 1. The van der Waals surface area contributed by atoms with Gasteiger partial charge >= 0.3 is 0 Å². The van der Waals surface area contributed by atoms with E-state index in [-0.39, 0.29) is 11.2 Å². The van der Waals surface area contributed by atoms with Crippen molar-refractivity contribution in [3.8, 4) is 11.6 Å². The van der Waals surface area contributed by atoms with Crippen molar-refractivity contribution in [1.29, 1.82) is 0 Å². The van der Waals surface area contributed by atoms with Crippen LogP contribution in [0.15, 0.2) is 24.3 Å². The van der Waals surface area contributed by atoms with E-state index in [4.69, 9.17) is 26.8 Å². The third kappa shape index (κ3) is 3.33. The summed E-state index contributed by atoms with van der Waals surface area (Å²) in [6.07, 6.45) is 0. The van der Waals surface area contributed by atoms with Crippen molar-refractivity contribution in [3.05, 3.63) is 40.8 Å². The van der Waals surface area contributed by atoms with Crippen LogP contribution in [0.1, 0.15) is 11.3 Å². The number of halogens is 1. The Morgan fingerprint density at radius 2 is 2.11 bits per heavy atom. The Morgan fingerprint density at radius 3 is 2.84 bits per heavy atom. The van der Waals surface area contributed by atoms with Crippen molar-refractivity contribution >= 4 is 17.3 Å². The van der Waals surface area contributed by atoms with Gasteiger partial charge in [-0.3, -0.25) is 0 Å². The highest BCUT2D eigenvalue weighted by Gasteiger charge is 2.10. The van der Waals surface area contributed by atoms with Gasteiger partial charge in [0.25, 0.3) is 0 Å². The van der Waals surface area contributed by atoms with Crippen LogP contribution in [0, 0.1) is 6.92 Å². The van der Waals surface area contributed by atoms with Crippen LogP contribution < -0.4 is 10.5 Å². The molecule has 0 aliphatic heterocycles. The number of methoxy groups -OCH3 is 1. The van der Waals surface area contributed by atoms with Crippen LogP contribution in [-0.4, -0.2) is 17.1 Å². The molecule has 0 saturated carbocycles. The number of ether oxygens (including phenoxy) is 2. The summed E-state index contributed by atoms with van der Waals surface area (Å²) in [6, 6.07) is 7.48. The summed E-state index contributed by atoms with van der Waals surface area (Å²) in [4.78, 5) is 7.93. The van der Waals surface area contributed by atoms with E-state index >= 15 is 0 Å². The molecule has 100 valence electrons. The molecule has 2 aromatic rings. The summed E-state index contributed by atoms with van der Waals surface area (Å²) in [5, 5.41) is 0.106. The Labute approximate surface area is 116 Å². The number of nitrogens with zero attached hydrogens (tertiary/aromatic N) is 2. The van der Waals surface area contributed by atoms with Gasteiger partial charge in [0, 0.05) is 7.11 Å². The van der Waals surface area contributed by atoms with E-state index < -0.39 is 0 Å². The lowest BCUT2D eigenvalue weighted by atomic mass is 10.2. The number of benzene rings is 1. The fourth-order valence-corrected chi connectivity index (χ4v) is 1.78. The first-order valence-electron chi connectivity index (χ1n) is 5.65. The van der Waals surface area contributed by atoms with Crippen LogP contribution in [-0.2, 0) is 11.3 Å². The monoisotopic (exact) mass is 279 g/mol. The predicted molar refractivity (Wildman–Crippen MR) is 73.4 cm³/mol. The predicted octanol–water partition coefficient (Wildman–Crippen LogP) is 2.96. The summed E-state index contributed by atoms with van der Waals surface area (Å²) in [5.74, 6) is 0.877. The highest BCUT2D eigenvalue weighted by molar-refractivity contribution is 6.28. The Bertz CT molecular complexity index is 590. The molecule has 0 radical (unpaired) electrons. The molecule has 0 fully saturated rings. The van der Waals surface area contributed by atoms with Gasteiger partial charge in [0.2, 0.25) is 11.2 Å². The number of nitrogen functional groups attached to an aromatic ring is 1. The molecule has 0 spiro atoms. The van der Waals surface area contributed by atoms with Gasteiger partial charge in [0.1, 0.15) is 11.4 Å². The fourth-order valence-electron chi connectivity index (χ4n) is 1.58. The highest BCUT2D eigenvalue weighted by Crippen LogP contribution is 2.28. The number of anilines is 1. The minimum absolute atomic E-state index is 0.106. The number of hydrogen-bond donors (Lipinski definition) is 1. The Kier molecular flexibility index (Phi) is 4.19. The van der Waals surface area contributed by atoms with Crippen LogP contribution in [0.5, 0.6) is 11.6 Å². The first-order valence-corrected chi connectivity index (χ1v) is 6.03. The van der Waals surface area contributed by atoms with Gasteiger partial charge in [-0.1, -0.05) is 12.1 Å². The minimum atomic E-state index is 0.106. The van der Waals surface area contributed by atoms with E-state index in [2.05, 4.69) is 9.97 Å². The Hall–Kier alpha value is -1.85. The third-order valence-corrected chi connectivity index (χ3v) is 2.67.